The standard InChI is InChI=1S/C14H30N2/c1-4-5-6-7-8-12-15-16-13(2)10-9-11-14(16)3/h13-15H,4-12H2,1-3H3. The molecule has 96 valence electrons. The smallest absolute Gasteiger partial charge is 0.0218 e. The number of nitrogens with one attached hydrogen (secondary N) is 1. The summed E-state index contributed by atoms with van der Waals surface area (Å²) in [5, 5.41) is 2.49. The van der Waals surface area contributed by atoms with Crippen LogP contribution in [0, 0.1) is 0 Å². The lowest BCUT2D eigenvalue weighted by molar-refractivity contribution is 0.0459. The van der Waals surface area contributed by atoms with Gasteiger partial charge in [-0.05, 0) is 33.1 Å². The Labute approximate surface area is 102 Å². The zero-order valence-electron chi connectivity index (χ0n) is 11.5. The van der Waals surface area contributed by atoms with E-state index in [4.69, 9.17) is 0 Å². The molecule has 1 N–H and O–H groups in total. The molecule has 0 saturated carbocycles. The zero-order valence-corrected chi connectivity index (χ0v) is 11.5. The Morgan fingerprint density at radius 3 is 2.25 bits per heavy atom. The van der Waals surface area contributed by atoms with Crippen molar-refractivity contribution in [3.05, 3.63) is 0 Å². The molecule has 0 amide bonds. The minimum Gasteiger partial charge on any atom is -0.255 e. The largest absolute Gasteiger partial charge is 0.255 e. The van der Waals surface area contributed by atoms with Crippen LogP contribution in [0.2, 0.25) is 0 Å². The van der Waals surface area contributed by atoms with Gasteiger partial charge in [-0.3, -0.25) is 5.43 Å². The molecule has 0 spiro atoms. The van der Waals surface area contributed by atoms with Gasteiger partial charge in [0.1, 0.15) is 0 Å². The molecule has 1 aliphatic heterocycles. The van der Waals surface area contributed by atoms with Gasteiger partial charge in [0.25, 0.3) is 0 Å². The summed E-state index contributed by atoms with van der Waals surface area (Å²) in [6, 6.07) is 1.44. The number of piperidine rings is 1. The van der Waals surface area contributed by atoms with E-state index in [1.807, 2.05) is 0 Å². The van der Waals surface area contributed by atoms with Gasteiger partial charge in [0.2, 0.25) is 0 Å². The number of unbranched alkanes of at least 4 members (excludes halogenated alkanes) is 4. The van der Waals surface area contributed by atoms with Crippen molar-refractivity contribution in [2.45, 2.75) is 84.2 Å². The fourth-order valence-corrected chi connectivity index (χ4v) is 2.67. The van der Waals surface area contributed by atoms with Crippen LogP contribution >= 0.6 is 0 Å². The second kappa shape index (κ2) is 8.08. The van der Waals surface area contributed by atoms with Crippen LogP contribution < -0.4 is 5.43 Å². The molecule has 2 unspecified atom stereocenters. The Bertz CT molecular complexity index is 160. The second-order valence-corrected chi connectivity index (χ2v) is 5.36. The third-order valence-electron chi connectivity index (χ3n) is 3.77. The van der Waals surface area contributed by atoms with Crippen LogP contribution in [-0.4, -0.2) is 23.6 Å². The number of hydrogen-bond donors (Lipinski definition) is 1. The Hall–Kier alpha value is -0.0800. The maximum absolute atomic E-state index is 3.63. The van der Waals surface area contributed by atoms with Gasteiger partial charge in [-0.1, -0.05) is 39.0 Å². The predicted molar refractivity (Wildman–Crippen MR) is 71.4 cm³/mol. The number of hydrogen-bond acceptors (Lipinski definition) is 2. The summed E-state index contributed by atoms with van der Waals surface area (Å²) < 4.78 is 0. The molecule has 0 aromatic heterocycles. The molecule has 1 fully saturated rings. The number of hydrazine groups is 1. The summed E-state index contributed by atoms with van der Waals surface area (Å²) in [6.07, 6.45) is 11.0. The lowest BCUT2D eigenvalue weighted by atomic mass is 10.00. The zero-order chi connectivity index (χ0) is 11.8. The van der Waals surface area contributed by atoms with Crippen LogP contribution in [-0.2, 0) is 0 Å². The van der Waals surface area contributed by atoms with Crippen LogP contribution in [0.5, 0.6) is 0 Å². The van der Waals surface area contributed by atoms with E-state index in [1.54, 1.807) is 0 Å². The van der Waals surface area contributed by atoms with Crippen molar-refractivity contribution in [3.8, 4) is 0 Å². The van der Waals surface area contributed by atoms with Gasteiger partial charge in [-0.25, -0.2) is 5.01 Å². The van der Waals surface area contributed by atoms with Crippen LogP contribution in [0.1, 0.15) is 72.1 Å². The van der Waals surface area contributed by atoms with E-state index in [1.165, 1.54) is 57.9 Å². The molecule has 1 saturated heterocycles. The molecule has 16 heavy (non-hydrogen) atoms. The molecule has 0 bridgehead atoms. The van der Waals surface area contributed by atoms with Crippen molar-refractivity contribution in [2.75, 3.05) is 6.54 Å². The molecular formula is C14H30N2. The van der Waals surface area contributed by atoms with Crippen molar-refractivity contribution >= 4 is 0 Å². The summed E-state index contributed by atoms with van der Waals surface area (Å²) in [5.74, 6) is 0. The van der Waals surface area contributed by atoms with Crippen molar-refractivity contribution in [1.29, 1.82) is 0 Å². The second-order valence-electron chi connectivity index (χ2n) is 5.36. The molecule has 1 aliphatic rings. The van der Waals surface area contributed by atoms with Crippen LogP contribution in [0.3, 0.4) is 0 Å². The Morgan fingerprint density at radius 2 is 1.62 bits per heavy atom. The van der Waals surface area contributed by atoms with Gasteiger partial charge in [0.15, 0.2) is 0 Å². The normalized spacial score (nSPS) is 27.2. The van der Waals surface area contributed by atoms with Crippen molar-refractivity contribution in [2.24, 2.45) is 0 Å². The first-order valence-corrected chi connectivity index (χ1v) is 7.27. The highest BCUT2D eigenvalue weighted by Crippen LogP contribution is 2.20. The summed E-state index contributed by atoms with van der Waals surface area (Å²) in [6.45, 7) is 8.13. The van der Waals surface area contributed by atoms with Gasteiger partial charge < -0.3 is 0 Å². The third kappa shape index (κ3) is 4.84. The van der Waals surface area contributed by atoms with Gasteiger partial charge in [0.05, 0.1) is 0 Å². The predicted octanol–water partition coefficient (Wildman–Crippen LogP) is 3.72. The van der Waals surface area contributed by atoms with Crippen LogP contribution in [0.25, 0.3) is 0 Å². The van der Waals surface area contributed by atoms with E-state index in [9.17, 15) is 0 Å². The first-order chi connectivity index (χ1) is 7.75. The van der Waals surface area contributed by atoms with Gasteiger partial charge in [-0.2, -0.15) is 0 Å². The molecule has 1 rings (SSSR count). The summed E-state index contributed by atoms with van der Waals surface area (Å²) in [4.78, 5) is 0. The first-order valence-electron chi connectivity index (χ1n) is 7.27. The number of nitrogens with zero attached hydrogens (tertiary/aromatic N) is 1. The average molecular weight is 226 g/mol. The van der Waals surface area contributed by atoms with Crippen molar-refractivity contribution in [3.63, 3.8) is 0 Å². The summed E-state index contributed by atoms with van der Waals surface area (Å²) >= 11 is 0. The highest BCUT2D eigenvalue weighted by molar-refractivity contribution is 4.76. The summed E-state index contributed by atoms with van der Waals surface area (Å²) in [7, 11) is 0. The molecule has 2 heteroatoms. The third-order valence-corrected chi connectivity index (χ3v) is 3.77. The Morgan fingerprint density at radius 1 is 1.00 bits per heavy atom. The Balaban J connectivity index is 2.06. The highest BCUT2D eigenvalue weighted by Gasteiger charge is 2.23. The van der Waals surface area contributed by atoms with E-state index in [2.05, 4.69) is 31.2 Å². The first kappa shape index (κ1) is 14.0. The fraction of sp³-hybridized carbons (Fsp3) is 1.00. The van der Waals surface area contributed by atoms with Crippen molar-refractivity contribution < 1.29 is 0 Å². The van der Waals surface area contributed by atoms with Crippen LogP contribution in [0.15, 0.2) is 0 Å². The lowest BCUT2D eigenvalue weighted by Gasteiger charge is -2.39. The van der Waals surface area contributed by atoms with Crippen molar-refractivity contribution in [1.82, 2.24) is 10.4 Å². The lowest BCUT2D eigenvalue weighted by Crippen LogP contribution is -2.52. The SMILES string of the molecule is CCCCCCCNN1C(C)CCCC1C. The molecule has 0 aliphatic carbocycles. The number of rotatable bonds is 7. The highest BCUT2D eigenvalue weighted by atomic mass is 15.5. The van der Waals surface area contributed by atoms with Gasteiger partial charge >= 0.3 is 0 Å². The molecule has 0 radical (unpaired) electrons. The molecule has 0 aromatic rings. The monoisotopic (exact) mass is 226 g/mol. The van der Waals surface area contributed by atoms with Gasteiger partial charge in [-0.15, -0.1) is 0 Å². The maximum atomic E-state index is 3.63. The topological polar surface area (TPSA) is 15.3 Å². The van der Waals surface area contributed by atoms with E-state index in [-0.39, 0.29) is 0 Å². The quantitative estimate of drug-likeness (QED) is 0.666. The molecule has 2 atom stereocenters. The van der Waals surface area contributed by atoms with E-state index >= 15 is 0 Å². The minimum atomic E-state index is 0.722. The fourth-order valence-electron chi connectivity index (χ4n) is 2.67. The molecule has 0 aromatic carbocycles. The van der Waals surface area contributed by atoms with E-state index in [0.717, 1.165) is 12.1 Å². The Kier molecular flexibility index (Phi) is 7.06. The average Bonchev–Trinajstić information content (AvgIpc) is 2.26. The van der Waals surface area contributed by atoms with E-state index in [0.29, 0.717) is 0 Å². The molecule has 2 nitrogen and oxygen atoms in total. The molecule has 1 heterocycles. The van der Waals surface area contributed by atoms with Gasteiger partial charge in [0, 0.05) is 18.6 Å². The maximum Gasteiger partial charge on any atom is 0.0218 e. The van der Waals surface area contributed by atoms with Crippen LogP contribution in [0.4, 0.5) is 0 Å². The minimum absolute atomic E-state index is 0.722. The summed E-state index contributed by atoms with van der Waals surface area (Å²) in [5.41, 5.74) is 3.63. The molecular weight excluding hydrogens is 196 g/mol. The van der Waals surface area contributed by atoms with E-state index < -0.39 is 0 Å².